The van der Waals surface area contributed by atoms with Gasteiger partial charge in [0.15, 0.2) is 0 Å². The first-order chi connectivity index (χ1) is 9.60. The quantitative estimate of drug-likeness (QED) is 0.632. The Kier molecular flexibility index (Phi) is 4.52. The second-order valence-electron chi connectivity index (χ2n) is 4.77. The Morgan fingerprint density at radius 2 is 2.30 bits per heavy atom. The maximum absolute atomic E-state index is 11.5. The summed E-state index contributed by atoms with van der Waals surface area (Å²) in [6.45, 7) is 2.37. The van der Waals surface area contributed by atoms with Crippen LogP contribution in [-0.2, 0) is 11.3 Å². The van der Waals surface area contributed by atoms with E-state index in [1.807, 2.05) is 11.0 Å². The minimum atomic E-state index is -0.398. The highest BCUT2D eigenvalue weighted by molar-refractivity contribution is 5.78. The summed E-state index contributed by atoms with van der Waals surface area (Å²) in [7, 11) is 1.65. The molecule has 0 radical (unpaired) electrons. The van der Waals surface area contributed by atoms with E-state index in [1.165, 1.54) is 0 Å². The molecule has 1 amide bonds. The molecule has 0 bridgehead atoms. The van der Waals surface area contributed by atoms with Crippen LogP contribution in [0, 0.1) is 10.1 Å². The third-order valence-electron chi connectivity index (χ3n) is 3.27. The van der Waals surface area contributed by atoms with Crippen LogP contribution in [0.4, 0.5) is 11.4 Å². The molecule has 108 valence electrons. The van der Waals surface area contributed by atoms with Gasteiger partial charge in [-0.15, -0.1) is 0 Å². The van der Waals surface area contributed by atoms with E-state index >= 15 is 0 Å². The number of carbonyl (C=O) groups is 1. The first-order valence-corrected chi connectivity index (χ1v) is 6.54. The Hall–Kier alpha value is -2.15. The maximum Gasteiger partial charge on any atom is 0.292 e. The number of hydrogen-bond donors (Lipinski definition) is 2. The Balaban J connectivity index is 2.14. The molecule has 7 heteroatoms. The van der Waals surface area contributed by atoms with E-state index in [1.54, 1.807) is 19.2 Å². The van der Waals surface area contributed by atoms with E-state index in [0.717, 1.165) is 18.5 Å². The van der Waals surface area contributed by atoms with Crippen molar-refractivity contribution in [3.63, 3.8) is 0 Å². The third kappa shape index (κ3) is 3.45. The minimum Gasteiger partial charge on any atom is -0.383 e. The minimum absolute atomic E-state index is 0.00356. The Labute approximate surface area is 117 Å². The Morgan fingerprint density at radius 3 is 3.00 bits per heavy atom. The number of hydrogen-bond acceptors (Lipinski definition) is 5. The Bertz CT molecular complexity index is 518. The summed E-state index contributed by atoms with van der Waals surface area (Å²) >= 11 is 0. The molecule has 1 heterocycles. The second kappa shape index (κ2) is 6.33. The normalized spacial score (nSPS) is 16.4. The van der Waals surface area contributed by atoms with Crippen LogP contribution in [0.25, 0.3) is 0 Å². The van der Waals surface area contributed by atoms with E-state index in [-0.39, 0.29) is 11.6 Å². The highest BCUT2D eigenvalue weighted by Gasteiger charge is 2.17. The SMILES string of the molecule is CNc1ccc(CN2CCCNC(=O)C2)cc1[N+](=O)[O-]. The van der Waals surface area contributed by atoms with Gasteiger partial charge in [-0.25, -0.2) is 0 Å². The van der Waals surface area contributed by atoms with Crippen LogP contribution >= 0.6 is 0 Å². The lowest BCUT2D eigenvalue weighted by Gasteiger charge is -2.18. The molecule has 7 nitrogen and oxygen atoms in total. The number of nitro benzene ring substituents is 1. The molecule has 0 aliphatic carbocycles. The van der Waals surface area contributed by atoms with Gasteiger partial charge >= 0.3 is 0 Å². The van der Waals surface area contributed by atoms with Gasteiger partial charge in [0.25, 0.3) is 5.69 Å². The van der Waals surface area contributed by atoms with Crippen molar-refractivity contribution < 1.29 is 9.72 Å². The Morgan fingerprint density at radius 1 is 1.50 bits per heavy atom. The molecule has 1 aliphatic rings. The number of amides is 1. The van der Waals surface area contributed by atoms with Crippen molar-refractivity contribution >= 4 is 17.3 Å². The summed E-state index contributed by atoms with van der Waals surface area (Å²) in [6, 6.07) is 5.11. The fraction of sp³-hybridized carbons (Fsp3) is 0.462. The van der Waals surface area contributed by atoms with Crippen LogP contribution in [0.1, 0.15) is 12.0 Å². The summed E-state index contributed by atoms with van der Waals surface area (Å²) in [6.07, 6.45) is 0.891. The molecule has 1 saturated heterocycles. The summed E-state index contributed by atoms with van der Waals surface area (Å²) in [5.41, 5.74) is 1.39. The van der Waals surface area contributed by atoms with E-state index in [2.05, 4.69) is 10.6 Å². The average Bonchev–Trinajstić information content (AvgIpc) is 2.63. The van der Waals surface area contributed by atoms with Crippen molar-refractivity contribution in [3.05, 3.63) is 33.9 Å². The average molecular weight is 278 g/mol. The number of benzene rings is 1. The fourth-order valence-corrected chi connectivity index (χ4v) is 2.30. The number of anilines is 1. The van der Waals surface area contributed by atoms with Crippen LogP contribution in [0.15, 0.2) is 18.2 Å². The molecule has 0 spiro atoms. The molecular weight excluding hydrogens is 260 g/mol. The molecule has 1 aromatic rings. The lowest BCUT2D eigenvalue weighted by atomic mass is 10.1. The molecule has 0 atom stereocenters. The second-order valence-corrected chi connectivity index (χ2v) is 4.77. The topological polar surface area (TPSA) is 87.5 Å². The maximum atomic E-state index is 11.5. The lowest BCUT2D eigenvalue weighted by molar-refractivity contribution is -0.384. The monoisotopic (exact) mass is 278 g/mol. The van der Waals surface area contributed by atoms with Gasteiger partial charge in [-0.05, 0) is 18.1 Å². The first kappa shape index (κ1) is 14.3. The summed E-state index contributed by atoms with van der Waals surface area (Å²) in [5, 5.41) is 16.6. The molecule has 2 N–H and O–H groups in total. The smallest absolute Gasteiger partial charge is 0.292 e. The molecule has 0 saturated carbocycles. The van der Waals surface area contributed by atoms with Crippen molar-refractivity contribution in [3.8, 4) is 0 Å². The molecule has 2 rings (SSSR count). The third-order valence-corrected chi connectivity index (χ3v) is 3.27. The van der Waals surface area contributed by atoms with E-state index in [9.17, 15) is 14.9 Å². The predicted molar refractivity (Wildman–Crippen MR) is 75.5 cm³/mol. The molecule has 1 aliphatic heterocycles. The van der Waals surface area contributed by atoms with E-state index < -0.39 is 4.92 Å². The number of nitrogens with zero attached hydrogens (tertiary/aromatic N) is 2. The van der Waals surface area contributed by atoms with Crippen molar-refractivity contribution in [2.45, 2.75) is 13.0 Å². The van der Waals surface area contributed by atoms with Crippen LogP contribution in [-0.4, -0.2) is 42.4 Å². The van der Waals surface area contributed by atoms with Gasteiger partial charge in [-0.1, -0.05) is 6.07 Å². The molecule has 0 aromatic heterocycles. The number of carbonyl (C=O) groups excluding carboxylic acids is 1. The van der Waals surface area contributed by atoms with Crippen molar-refractivity contribution in [1.29, 1.82) is 0 Å². The fourth-order valence-electron chi connectivity index (χ4n) is 2.30. The van der Waals surface area contributed by atoms with Gasteiger partial charge < -0.3 is 10.6 Å². The van der Waals surface area contributed by atoms with E-state index in [4.69, 9.17) is 0 Å². The van der Waals surface area contributed by atoms with Crippen LogP contribution in [0.3, 0.4) is 0 Å². The standard InChI is InChI=1S/C13H18N4O3/c1-14-11-4-3-10(7-12(11)17(19)20)8-16-6-2-5-15-13(18)9-16/h3-4,7,14H,2,5-6,8-9H2,1H3,(H,15,18). The highest BCUT2D eigenvalue weighted by atomic mass is 16.6. The van der Waals surface area contributed by atoms with Gasteiger partial charge in [-0.2, -0.15) is 0 Å². The van der Waals surface area contributed by atoms with Crippen molar-refractivity contribution in [2.75, 3.05) is 32.0 Å². The highest BCUT2D eigenvalue weighted by Crippen LogP contribution is 2.25. The summed E-state index contributed by atoms with van der Waals surface area (Å²) in [5.74, 6) is 0.00356. The van der Waals surface area contributed by atoms with Gasteiger partial charge in [0.05, 0.1) is 11.5 Å². The zero-order chi connectivity index (χ0) is 14.5. The number of nitro groups is 1. The van der Waals surface area contributed by atoms with Gasteiger partial charge in [0, 0.05) is 32.7 Å². The molecule has 0 unspecified atom stereocenters. The van der Waals surface area contributed by atoms with Crippen molar-refractivity contribution in [1.82, 2.24) is 10.2 Å². The van der Waals surface area contributed by atoms with E-state index in [0.29, 0.717) is 25.3 Å². The number of nitrogens with one attached hydrogen (secondary N) is 2. The van der Waals surface area contributed by atoms with Crippen LogP contribution < -0.4 is 10.6 Å². The van der Waals surface area contributed by atoms with Crippen molar-refractivity contribution in [2.24, 2.45) is 0 Å². The first-order valence-electron chi connectivity index (χ1n) is 6.54. The zero-order valence-corrected chi connectivity index (χ0v) is 11.4. The molecule has 1 aromatic carbocycles. The van der Waals surface area contributed by atoms with Gasteiger partial charge in [0.1, 0.15) is 5.69 Å². The van der Waals surface area contributed by atoms with Gasteiger partial charge in [0.2, 0.25) is 5.91 Å². The van der Waals surface area contributed by atoms with Crippen LogP contribution in [0.2, 0.25) is 0 Å². The molecular formula is C13H18N4O3. The lowest BCUT2D eigenvalue weighted by Crippen LogP contribution is -2.32. The van der Waals surface area contributed by atoms with Crippen LogP contribution in [0.5, 0.6) is 0 Å². The largest absolute Gasteiger partial charge is 0.383 e. The predicted octanol–water partition coefficient (Wildman–Crippen LogP) is 0.958. The molecule has 20 heavy (non-hydrogen) atoms. The van der Waals surface area contributed by atoms with Gasteiger partial charge in [-0.3, -0.25) is 19.8 Å². The summed E-state index contributed by atoms with van der Waals surface area (Å²) in [4.78, 5) is 24.1. The summed E-state index contributed by atoms with van der Waals surface area (Å²) < 4.78 is 0. The number of rotatable bonds is 4. The zero-order valence-electron chi connectivity index (χ0n) is 11.4. The molecule has 1 fully saturated rings.